The molecule has 0 unspecified atom stereocenters. The lowest BCUT2D eigenvalue weighted by atomic mass is 9.99. The Morgan fingerprint density at radius 3 is 2.63 bits per heavy atom. The third-order valence-corrected chi connectivity index (χ3v) is 4.38. The number of Topliss-reactive ketones (excluding diaryl/α,β-unsaturated/α-hetero) is 1. The molecule has 0 aromatic carbocycles. The number of ketones is 1. The molecule has 1 saturated carbocycles. The van der Waals surface area contributed by atoms with Crippen LogP contribution in [0.5, 0.6) is 0 Å². The summed E-state index contributed by atoms with van der Waals surface area (Å²) in [7, 11) is 0. The van der Waals surface area contributed by atoms with E-state index < -0.39 is 17.7 Å². The first-order valence-electron chi connectivity index (χ1n) is 6.99. The fourth-order valence-corrected chi connectivity index (χ4v) is 3.41. The third-order valence-electron chi connectivity index (χ3n) is 4.38. The van der Waals surface area contributed by atoms with Crippen molar-refractivity contribution >= 4 is 5.78 Å². The summed E-state index contributed by atoms with van der Waals surface area (Å²) in [6.07, 6.45) is 3.00. The van der Waals surface area contributed by atoms with Crippen molar-refractivity contribution in [3.05, 3.63) is 0 Å². The number of ether oxygens (including phenoxy) is 5. The molecule has 0 bridgehead atoms. The maximum Gasteiger partial charge on any atom is 0.256 e. The second-order valence-electron chi connectivity index (χ2n) is 5.64. The molecular weight excluding hydrogens is 252 g/mol. The van der Waals surface area contributed by atoms with Gasteiger partial charge in [-0.3, -0.25) is 4.79 Å². The zero-order valence-corrected chi connectivity index (χ0v) is 10.8. The van der Waals surface area contributed by atoms with Gasteiger partial charge in [-0.05, 0) is 12.8 Å². The second kappa shape index (κ2) is 4.23. The van der Waals surface area contributed by atoms with Gasteiger partial charge in [0, 0.05) is 12.8 Å². The van der Waals surface area contributed by atoms with E-state index in [9.17, 15) is 4.79 Å². The number of rotatable bonds is 0. The van der Waals surface area contributed by atoms with E-state index in [4.69, 9.17) is 23.7 Å². The summed E-state index contributed by atoms with van der Waals surface area (Å²) >= 11 is 0. The number of carbonyl (C=O) groups is 1. The van der Waals surface area contributed by atoms with Crippen molar-refractivity contribution in [3.8, 4) is 0 Å². The highest BCUT2D eigenvalue weighted by Gasteiger charge is 2.61. The largest absolute Gasteiger partial charge is 0.373 e. The Bertz CT molecular complexity index is 383. The van der Waals surface area contributed by atoms with Gasteiger partial charge in [-0.1, -0.05) is 0 Å². The highest BCUT2D eigenvalue weighted by atomic mass is 16.8. The summed E-state index contributed by atoms with van der Waals surface area (Å²) < 4.78 is 28.4. The van der Waals surface area contributed by atoms with Crippen molar-refractivity contribution in [2.45, 2.75) is 49.5 Å². The molecule has 2 spiro atoms. The zero-order chi connectivity index (χ0) is 12.9. The molecule has 3 aliphatic heterocycles. The highest BCUT2D eigenvalue weighted by molar-refractivity contribution is 5.91. The molecule has 6 heteroatoms. The van der Waals surface area contributed by atoms with E-state index in [1.165, 1.54) is 0 Å². The van der Waals surface area contributed by atoms with Crippen molar-refractivity contribution in [1.29, 1.82) is 0 Å². The van der Waals surface area contributed by atoms with E-state index >= 15 is 0 Å². The molecule has 0 N–H and O–H groups in total. The van der Waals surface area contributed by atoms with Crippen LogP contribution in [0.4, 0.5) is 0 Å². The summed E-state index contributed by atoms with van der Waals surface area (Å²) in [5.74, 6) is -2.02. The molecule has 19 heavy (non-hydrogen) atoms. The minimum Gasteiger partial charge on any atom is -0.373 e. The minimum atomic E-state index is -1.27. The van der Waals surface area contributed by atoms with Crippen LogP contribution in [0.1, 0.15) is 25.7 Å². The number of hydrogen-bond acceptors (Lipinski definition) is 6. The predicted octanol–water partition coefficient (Wildman–Crippen LogP) is 0.383. The Morgan fingerprint density at radius 1 is 1.05 bits per heavy atom. The fourth-order valence-electron chi connectivity index (χ4n) is 3.41. The molecule has 4 aliphatic rings. The van der Waals surface area contributed by atoms with Crippen molar-refractivity contribution in [2.24, 2.45) is 0 Å². The molecule has 0 aromatic heterocycles. The van der Waals surface area contributed by atoms with Gasteiger partial charge >= 0.3 is 0 Å². The van der Waals surface area contributed by atoms with Gasteiger partial charge < -0.3 is 23.7 Å². The lowest BCUT2D eigenvalue weighted by Crippen LogP contribution is -2.62. The highest BCUT2D eigenvalue weighted by Crippen LogP contribution is 2.45. The van der Waals surface area contributed by atoms with Gasteiger partial charge in [-0.2, -0.15) is 0 Å². The van der Waals surface area contributed by atoms with Crippen LogP contribution >= 0.6 is 0 Å². The summed E-state index contributed by atoms with van der Waals surface area (Å²) in [6.45, 7) is 1.33. The first kappa shape index (κ1) is 12.2. The Labute approximate surface area is 111 Å². The molecule has 0 amide bonds. The first-order valence-corrected chi connectivity index (χ1v) is 6.99. The Balaban J connectivity index is 1.57. The molecule has 3 atom stereocenters. The molecule has 3 saturated heterocycles. The van der Waals surface area contributed by atoms with Gasteiger partial charge in [-0.15, -0.1) is 0 Å². The van der Waals surface area contributed by atoms with Crippen LogP contribution in [0, 0.1) is 0 Å². The van der Waals surface area contributed by atoms with Crippen molar-refractivity contribution in [2.75, 3.05) is 26.4 Å². The SMILES string of the molecule is O=C1[C@@H]2OC3(CCCC3)O[C@@H]2CO[C@]12COCCO2. The van der Waals surface area contributed by atoms with Crippen molar-refractivity contribution in [1.82, 2.24) is 0 Å². The summed E-state index contributed by atoms with van der Waals surface area (Å²) in [4.78, 5) is 12.6. The Morgan fingerprint density at radius 2 is 1.89 bits per heavy atom. The Hall–Kier alpha value is -0.530. The van der Waals surface area contributed by atoms with Gasteiger partial charge in [0.15, 0.2) is 11.9 Å². The monoisotopic (exact) mass is 270 g/mol. The molecule has 4 fully saturated rings. The lowest BCUT2D eigenvalue weighted by Gasteiger charge is -2.40. The molecule has 3 heterocycles. The maximum atomic E-state index is 12.6. The first-order chi connectivity index (χ1) is 9.23. The van der Waals surface area contributed by atoms with Crippen LogP contribution in [0.25, 0.3) is 0 Å². The van der Waals surface area contributed by atoms with E-state index in [-0.39, 0.29) is 18.5 Å². The van der Waals surface area contributed by atoms with Gasteiger partial charge in [0.2, 0.25) is 5.78 Å². The van der Waals surface area contributed by atoms with Gasteiger partial charge in [-0.25, -0.2) is 0 Å². The van der Waals surface area contributed by atoms with Crippen LogP contribution in [0.3, 0.4) is 0 Å². The average molecular weight is 270 g/mol. The minimum absolute atomic E-state index is 0.144. The molecule has 4 rings (SSSR count). The molecule has 0 radical (unpaired) electrons. The summed E-state index contributed by atoms with van der Waals surface area (Å²) in [5.41, 5.74) is 0. The van der Waals surface area contributed by atoms with Gasteiger partial charge in [0.25, 0.3) is 5.79 Å². The normalized spacial score (nSPS) is 44.9. The quantitative estimate of drug-likeness (QED) is 0.634. The molecule has 6 nitrogen and oxygen atoms in total. The van der Waals surface area contributed by atoms with E-state index in [2.05, 4.69) is 0 Å². The molecule has 106 valence electrons. The van der Waals surface area contributed by atoms with E-state index in [0.717, 1.165) is 25.7 Å². The second-order valence-corrected chi connectivity index (χ2v) is 5.64. The van der Waals surface area contributed by atoms with E-state index in [1.54, 1.807) is 0 Å². The summed E-state index contributed by atoms with van der Waals surface area (Å²) in [5, 5.41) is 0. The van der Waals surface area contributed by atoms with Crippen molar-refractivity contribution < 1.29 is 28.5 Å². The number of fused-ring (bicyclic) bond motifs is 1. The molecule has 1 aliphatic carbocycles. The lowest BCUT2D eigenvalue weighted by molar-refractivity contribution is -0.294. The topological polar surface area (TPSA) is 63.2 Å². The maximum absolute atomic E-state index is 12.6. The third kappa shape index (κ3) is 1.78. The van der Waals surface area contributed by atoms with Crippen LogP contribution in [-0.4, -0.2) is 56.0 Å². The fraction of sp³-hybridized carbons (Fsp3) is 0.923. The average Bonchev–Trinajstić information content (AvgIpc) is 3.04. The Kier molecular flexibility index (Phi) is 2.72. The smallest absolute Gasteiger partial charge is 0.256 e. The number of carbonyl (C=O) groups excluding carboxylic acids is 1. The predicted molar refractivity (Wildman–Crippen MR) is 61.4 cm³/mol. The van der Waals surface area contributed by atoms with Crippen LogP contribution < -0.4 is 0 Å². The van der Waals surface area contributed by atoms with Gasteiger partial charge in [0.05, 0.1) is 19.8 Å². The zero-order valence-electron chi connectivity index (χ0n) is 10.8. The van der Waals surface area contributed by atoms with E-state index in [0.29, 0.717) is 19.8 Å². The van der Waals surface area contributed by atoms with Crippen LogP contribution in [-0.2, 0) is 28.5 Å². The van der Waals surface area contributed by atoms with E-state index in [1.807, 2.05) is 0 Å². The molecular formula is C13H18O6. The summed E-state index contributed by atoms with van der Waals surface area (Å²) in [6, 6.07) is 0. The van der Waals surface area contributed by atoms with Crippen molar-refractivity contribution in [3.63, 3.8) is 0 Å². The molecule has 0 aromatic rings. The number of hydrogen-bond donors (Lipinski definition) is 0. The van der Waals surface area contributed by atoms with Crippen LogP contribution in [0.2, 0.25) is 0 Å². The van der Waals surface area contributed by atoms with Gasteiger partial charge in [0.1, 0.15) is 12.7 Å². The van der Waals surface area contributed by atoms with Crippen LogP contribution in [0.15, 0.2) is 0 Å². The standard InChI is InChI=1S/C13H18O6/c14-11-10-9(18-12(19-10)3-1-2-4-12)7-17-13(11)8-15-5-6-16-13/h9-10H,1-8H2/t9-,10-,13-/m1/s1.